The van der Waals surface area contributed by atoms with E-state index in [4.69, 9.17) is 9.73 Å². The van der Waals surface area contributed by atoms with Crippen molar-refractivity contribution in [2.24, 2.45) is 10.9 Å². The molecule has 0 radical (unpaired) electrons. The lowest BCUT2D eigenvalue weighted by Gasteiger charge is -2.33. The van der Waals surface area contributed by atoms with Crippen LogP contribution in [0, 0.1) is 5.92 Å². The number of benzene rings is 7. The Bertz CT molecular complexity index is 2300. The third kappa shape index (κ3) is 5.76. The number of aliphatic imine (C=N–C) groups is 1. The predicted octanol–water partition coefficient (Wildman–Crippen LogP) is 10.7. The first-order chi connectivity index (χ1) is 25.2. The molecular weight excluding hydrogens is 621 g/mol. The first kappa shape index (κ1) is 31.0. The maximum Gasteiger partial charge on any atom is 0.228 e. The minimum Gasteiger partial charge on any atom is -0.457 e. The van der Waals surface area contributed by atoms with Crippen LogP contribution in [-0.4, -0.2) is 5.84 Å². The van der Waals surface area contributed by atoms with Gasteiger partial charge in [-0.3, -0.25) is 5.32 Å². The summed E-state index contributed by atoms with van der Waals surface area (Å²) < 4.78 is 6.36. The molecule has 2 aliphatic rings. The normalized spacial score (nSPS) is 18.2. The van der Waals surface area contributed by atoms with Crippen LogP contribution in [0.3, 0.4) is 0 Å². The van der Waals surface area contributed by atoms with Crippen LogP contribution in [0.2, 0.25) is 0 Å². The van der Waals surface area contributed by atoms with Gasteiger partial charge in [0.15, 0.2) is 0 Å². The van der Waals surface area contributed by atoms with Gasteiger partial charge in [0, 0.05) is 28.5 Å². The Morgan fingerprint density at radius 3 is 1.53 bits per heavy atom. The number of hydrogen-bond donors (Lipinski definition) is 1. The Labute approximate surface area is 300 Å². The second kappa shape index (κ2) is 13.4. The van der Waals surface area contributed by atoms with E-state index in [9.17, 15) is 0 Å². The molecule has 3 nitrogen and oxygen atoms in total. The van der Waals surface area contributed by atoms with Crippen molar-refractivity contribution >= 4 is 5.84 Å². The van der Waals surface area contributed by atoms with Crippen LogP contribution >= 0.6 is 0 Å². The number of hydrogen-bond acceptors (Lipinski definition) is 2. The summed E-state index contributed by atoms with van der Waals surface area (Å²) in [6.07, 6.45) is 0. The quantitative estimate of drug-likeness (QED) is 0.190. The highest BCUT2D eigenvalue weighted by Crippen LogP contribution is 2.49. The Morgan fingerprint density at radius 1 is 0.451 bits per heavy atom. The van der Waals surface area contributed by atoms with E-state index in [0.717, 1.165) is 22.9 Å². The fourth-order valence-corrected chi connectivity index (χ4v) is 8.14. The van der Waals surface area contributed by atoms with Crippen LogP contribution in [0.5, 0.6) is 11.5 Å². The molecule has 0 saturated heterocycles. The fraction of sp³-hybridized carbons (Fsp3) is 0.104. The Morgan fingerprint density at radius 2 is 0.922 bits per heavy atom. The number of amidine groups is 1. The van der Waals surface area contributed by atoms with Crippen molar-refractivity contribution in [3.05, 3.63) is 215 Å². The number of nitrogens with two attached hydrogens (primary N) is 1. The predicted molar refractivity (Wildman–Crippen MR) is 207 cm³/mol. The molecule has 0 bridgehead atoms. The Kier molecular flexibility index (Phi) is 8.11. The summed E-state index contributed by atoms with van der Waals surface area (Å²) in [4.78, 5) is 5.48. The van der Waals surface area contributed by atoms with Gasteiger partial charge >= 0.3 is 0 Å². The topological polar surface area (TPSA) is 38.2 Å². The number of rotatable bonds is 6. The van der Waals surface area contributed by atoms with Crippen LogP contribution in [0.1, 0.15) is 58.3 Å². The molecule has 2 aliphatic heterocycles. The van der Waals surface area contributed by atoms with Crippen LogP contribution < -0.4 is 10.1 Å². The Balaban J connectivity index is 1.10. The van der Waals surface area contributed by atoms with E-state index < -0.39 is 0 Å². The van der Waals surface area contributed by atoms with Crippen molar-refractivity contribution in [3.8, 4) is 33.8 Å². The summed E-state index contributed by atoms with van der Waals surface area (Å²) in [7, 11) is 0. The van der Waals surface area contributed by atoms with Crippen molar-refractivity contribution < 1.29 is 10.1 Å². The molecule has 51 heavy (non-hydrogen) atoms. The molecule has 7 aromatic rings. The number of para-hydroxylation sites is 2. The Hall–Kier alpha value is -6.03. The largest absolute Gasteiger partial charge is 0.457 e. The van der Waals surface area contributed by atoms with Gasteiger partial charge in [-0.2, -0.15) is 0 Å². The molecule has 7 aromatic carbocycles. The van der Waals surface area contributed by atoms with E-state index in [1.54, 1.807) is 0 Å². The van der Waals surface area contributed by atoms with Gasteiger partial charge in [0.05, 0.1) is 11.6 Å². The van der Waals surface area contributed by atoms with Crippen LogP contribution in [-0.2, 0) is 0 Å². The van der Waals surface area contributed by atoms with Crippen molar-refractivity contribution in [3.63, 3.8) is 0 Å². The van der Waals surface area contributed by atoms with E-state index in [1.165, 1.54) is 50.1 Å². The summed E-state index contributed by atoms with van der Waals surface area (Å²) in [5.41, 5.74) is 12.3. The maximum absolute atomic E-state index is 6.36. The number of fused-ring (bicyclic) bond motifs is 2. The van der Waals surface area contributed by atoms with Crippen molar-refractivity contribution in [1.82, 2.24) is 0 Å². The minimum absolute atomic E-state index is 0.000622. The van der Waals surface area contributed by atoms with Gasteiger partial charge in [-0.05, 0) is 57.6 Å². The molecule has 0 saturated carbocycles. The van der Waals surface area contributed by atoms with E-state index in [1.807, 2.05) is 12.1 Å². The van der Waals surface area contributed by atoms with Crippen molar-refractivity contribution in [2.75, 3.05) is 0 Å². The molecule has 3 heteroatoms. The summed E-state index contributed by atoms with van der Waals surface area (Å²) >= 11 is 0. The molecule has 3 atom stereocenters. The highest BCUT2D eigenvalue weighted by Gasteiger charge is 2.38. The van der Waals surface area contributed by atoms with E-state index in [-0.39, 0.29) is 23.9 Å². The average molecular weight is 660 g/mol. The SMILES string of the molecule is CC1C(c2ccccc2-c2ccc(-c3ccccc3C3c4ccccc4Oc4ccccc43)cc2)N=C(c2ccccc2)[NH2+]C1c1ccccc1. The van der Waals surface area contributed by atoms with Crippen molar-refractivity contribution in [1.29, 1.82) is 0 Å². The maximum atomic E-state index is 6.36. The van der Waals surface area contributed by atoms with Crippen LogP contribution in [0.4, 0.5) is 0 Å². The lowest BCUT2D eigenvalue weighted by atomic mass is 9.79. The molecule has 0 amide bonds. The van der Waals surface area contributed by atoms with E-state index in [2.05, 4.69) is 182 Å². The monoisotopic (exact) mass is 659 g/mol. The number of ether oxygens (including phenoxy) is 1. The lowest BCUT2D eigenvalue weighted by Crippen LogP contribution is -2.91. The first-order valence-electron chi connectivity index (χ1n) is 17.9. The average Bonchev–Trinajstić information content (AvgIpc) is 3.21. The van der Waals surface area contributed by atoms with Gasteiger partial charge in [0.25, 0.3) is 0 Å². The first-order valence-corrected chi connectivity index (χ1v) is 17.9. The molecule has 0 aliphatic carbocycles. The number of quaternary nitrogens is 1. The van der Waals surface area contributed by atoms with E-state index >= 15 is 0 Å². The van der Waals surface area contributed by atoms with Gasteiger partial charge in [-0.1, -0.05) is 165 Å². The molecule has 0 spiro atoms. The van der Waals surface area contributed by atoms with Gasteiger partial charge in [0.2, 0.25) is 5.84 Å². The molecule has 246 valence electrons. The molecule has 2 N–H and O–H groups in total. The zero-order chi connectivity index (χ0) is 34.1. The van der Waals surface area contributed by atoms with Gasteiger partial charge in [-0.15, -0.1) is 0 Å². The summed E-state index contributed by atoms with van der Waals surface area (Å²) in [5.74, 6) is 3.25. The highest BCUT2D eigenvalue weighted by molar-refractivity contribution is 5.92. The highest BCUT2D eigenvalue weighted by atomic mass is 16.5. The minimum atomic E-state index is 0.000622. The third-order valence-electron chi connectivity index (χ3n) is 10.7. The standard InChI is InChI=1S/C48H38N2O/c1-32-46(35-16-4-2-5-17-35)49-48(36-18-6-3-7-19-36)50-47(32)40-23-11-9-21-38(40)34-30-28-33(29-31-34)37-20-8-10-22-39(37)45-41-24-12-14-26-43(41)51-44-27-15-13-25-42(44)45/h2-32,45-47H,1H3,(H,49,50)/p+1. The summed E-state index contributed by atoms with van der Waals surface area (Å²) in [6.45, 7) is 2.35. The lowest BCUT2D eigenvalue weighted by molar-refractivity contribution is -0.602. The van der Waals surface area contributed by atoms with E-state index in [0.29, 0.717) is 0 Å². The van der Waals surface area contributed by atoms with Crippen molar-refractivity contribution in [2.45, 2.75) is 24.9 Å². The van der Waals surface area contributed by atoms with Gasteiger partial charge in [0.1, 0.15) is 17.5 Å². The second-order valence-corrected chi connectivity index (χ2v) is 13.7. The molecule has 9 rings (SSSR count). The third-order valence-corrected chi connectivity index (χ3v) is 10.7. The smallest absolute Gasteiger partial charge is 0.228 e. The summed E-state index contributed by atoms with van der Waals surface area (Å²) in [6, 6.07) is 65.4. The molecule has 2 heterocycles. The summed E-state index contributed by atoms with van der Waals surface area (Å²) in [5, 5.41) is 2.37. The van der Waals surface area contributed by atoms with Gasteiger partial charge in [-0.25, -0.2) is 4.99 Å². The zero-order valence-electron chi connectivity index (χ0n) is 28.6. The van der Waals surface area contributed by atoms with Crippen LogP contribution in [0.15, 0.2) is 187 Å². The van der Waals surface area contributed by atoms with Crippen LogP contribution in [0.25, 0.3) is 22.3 Å². The second-order valence-electron chi connectivity index (χ2n) is 13.7. The fourth-order valence-electron chi connectivity index (χ4n) is 8.14. The number of nitrogens with zero attached hydrogens (tertiary/aromatic N) is 1. The molecule has 0 fully saturated rings. The zero-order valence-corrected chi connectivity index (χ0v) is 28.6. The van der Waals surface area contributed by atoms with Gasteiger partial charge < -0.3 is 4.74 Å². The molecular formula is C48H39N2O+. The molecule has 0 aromatic heterocycles. The molecule has 3 unspecified atom stereocenters.